The van der Waals surface area contributed by atoms with Crippen LogP contribution in [0.4, 0.5) is 0 Å². The van der Waals surface area contributed by atoms with Crippen LogP contribution in [0.25, 0.3) is 38.6 Å². The Morgan fingerprint density at radius 1 is 0.808 bits per heavy atom. The van der Waals surface area contributed by atoms with Crippen molar-refractivity contribution < 1.29 is 0 Å². The van der Waals surface area contributed by atoms with Crippen molar-refractivity contribution in [2.75, 3.05) is 0 Å². The summed E-state index contributed by atoms with van der Waals surface area (Å²) in [7, 11) is 0. The summed E-state index contributed by atoms with van der Waals surface area (Å²) in [5.74, 6) is 0. The van der Waals surface area contributed by atoms with Crippen molar-refractivity contribution in [3.05, 3.63) is 93.7 Å². The van der Waals surface area contributed by atoms with E-state index in [1.54, 1.807) is 4.40 Å². The van der Waals surface area contributed by atoms with Crippen molar-refractivity contribution in [3.63, 3.8) is 0 Å². The molecule has 124 valence electrons. The topological polar surface area (TPSA) is 34.4 Å². The first kappa shape index (κ1) is 15.3. The average Bonchev–Trinajstić information content (AvgIpc) is 2.68. The number of aromatic nitrogens is 2. The summed E-state index contributed by atoms with van der Waals surface area (Å²) < 4.78 is 2.68. The molecule has 0 atom stereocenters. The molecule has 0 spiro atoms. The molecule has 2 aromatic heterocycles. The average molecular weight is 401 g/mol. The fourth-order valence-corrected chi connectivity index (χ4v) is 3.82. The molecule has 0 unspecified atom stereocenters. The van der Waals surface area contributed by atoms with Gasteiger partial charge < -0.3 is 0 Å². The third-order valence-corrected chi connectivity index (χ3v) is 5.14. The van der Waals surface area contributed by atoms with Crippen LogP contribution in [-0.2, 0) is 0 Å². The third kappa shape index (κ3) is 2.26. The van der Waals surface area contributed by atoms with E-state index in [2.05, 4.69) is 34.1 Å². The molecule has 5 aromatic rings. The fraction of sp³-hybridized carbons (Fsp3) is 0. The summed E-state index contributed by atoms with van der Waals surface area (Å²) in [5.41, 5.74) is 4.34. The molecule has 0 radical (unpaired) electrons. The quantitative estimate of drug-likeness (QED) is 0.277. The predicted octanol–water partition coefficient (Wildman–Crippen LogP) is 5.43. The molecule has 3 nitrogen and oxygen atoms in total. The van der Waals surface area contributed by atoms with Gasteiger partial charge in [-0.15, -0.1) is 0 Å². The molecule has 5 rings (SSSR count). The second-order valence-corrected chi connectivity index (χ2v) is 7.13. The highest BCUT2D eigenvalue weighted by Gasteiger charge is 2.13. The standard InChI is InChI=1S/C22H13BrN2O/c23-15-10-11-20-18(12-15)17(14-6-2-1-3-7-14)13-21-24-19-9-5-4-8-16(19)22(26)25(20)21/h1-13H. The van der Waals surface area contributed by atoms with Gasteiger partial charge in [-0.1, -0.05) is 58.4 Å². The van der Waals surface area contributed by atoms with Gasteiger partial charge in [0, 0.05) is 9.86 Å². The highest BCUT2D eigenvalue weighted by Crippen LogP contribution is 2.31. The number of hydrogen-bond acceptors (Lipinski definition) is 2. The maximum Gasteiger partial charge on any atom is 0.266 e. The second kappa shape index (κ2) is 5.78. The van der Waals surface area contributed by atoms with Crippen LogP contribution in [0.1, 0.15) is 0 Å². The lowest BCUT2D eigenvalue weighted by atomic mass is 10.0. The van der Waals surface area contributed by atoms with E-state index in [-0.39, 0.29) is 5.56 Å². The van der Waals surface area contributed by atoms with Gasteiger partial charge in [-0.05, 0) is 47.5 Å². The van der Waals surface area contributed by atoms with Crippen LogP contribution in [0.5, 0.6) is 0 Å². The van der Waals surface area contributed by atoms with Gasteiger partial charge in [0.05, 0.1) is 16.4 Å². The van der Waals surface area contributed by atoms with Crippen LogP contribution in [0.2, 0.25) is 0 Å². The lowest BCUT2D eigenvalue weighted by Crippen LogP contribution is -2.16. The largest absolute Gasteiger partial charge is 0.268 e. The number of halogens is 1. The second-order valence-electron chi connectivity index (χ2n) is 6.21. The molecule has 0 fully saturated rings. The van der Waals surface area contributed by atoms with E-state index in [0.29, 0.717) is 16.6 Å². The number of rotatable bonds is 1. The Morgan fingerprint density at radius 2 is 1.58 bits per heavy atom. The molecule has 0 aliphatic carbocycles. The smallest absolute Gasteiger partial charge is 0.266 e. The van der Waals surface area contributed by atoms with Gasteiger partial charge in [-0.25, -0.2) is 4.98 Å². The van der Waals surface area contributed by atoms with Crippen molar-refractivity contribution in [1.29, 1.82) is 0 Å². The third-order valence-electron chi connectivity index (χ3n) is 4.65. The number of nitrogens with zero attached hydrogens (tertiary/aromatic N) is 2. The zero-order valence-electron chi connectivity index (χ0n) is 13.7. The van der Waals surface area contributed by atoms with E-state index in [9.17, 15) is 4.79 Å². The lowest BCUT2D eigenvalue weighted by molar-refractivity contribution is 1.13. The molecule has 3 aromatic carbocycles. The van der Waals surface area contributed by atoms with Crippen molar-refractivity contribution in [2.24, 2.45) is 0 Å². The number of fused-ring (bicyclic) bond motifs is 4. The normalized spacial score (nSPS) is 11.4. The van der Waals surface area contributed by atoms with Crippen LogP contribution < -0.4 is 5.56 Å². The molecule has 0 bridgehead atoms. The first-order valence-corrected chi connectivity index (χ1v) is 9.11. The minimum atomic E-state index is -0.0439. The summed E-state index contributed by atoms with van der Waals surface area (Å²) in [6.45, 7) is 0. The number of benzene rings is 3. The van der Waals surface area contributed by atoms with Crippen molar-refractivity contribution in [1.82, 2.24) is 9.38 Å². The van der Waals surface area contributed by atoms with Gasteiger partial charge in [-0.2, -0.15) is 0 Å². The summed E-state index contributed by atoms with van der Waals surface area (Å²) in [4.78, 5) is 17.9. The number of hydrogen-bond donors (Lipinski definition) is 0. The summed E-state index contributed by atoms with van der Waals surface area (Å²) in [5, 5.41) is 1.64. The minimum Gasteiger partial charge on any atom is -0.268 e. The monoisotopic (exact) mass is 400 g/mol. The molecule has 0 aliphatic heterocycles. The van der Waals surface area contributed by atoms with Crippen LogP contribution in [0.3, 0.4) is 0 Å². The Morgan fingerprint density at radius 3 is 2.42 bits per heavy atom. The van der Waals surface area contributed by atoms with Crippen molar-refractivity contribution in [2.45, 2.75) is 0 Å². The maximum atomic E-state index is 13.1. The molecular weight excluding hydrogens is 388 g/mol. The van der Waals surface area contributed by atoms with E-state index in [4.69, 9.17) is 4.98 Å². The lowest BCUT2D eigenvalue weighted by Gasteiger charge is -2.13. The maximum absolute atomic E-state index is 13.1. The summed E-state index contributed by atoms with van der Waals surface area (Å²) in [6.07, 6.45) is 0. The van der Waals surface area contributed by atoms with Gasteiger partial charge in [0.2, 0.25) is 0 Å². The highest BCUT2D eigenvalue weighted by atomic mass is 79.9. The van der Waals surface area contributed by atoms with Gasteiger partial charge in [0.15, 0.2) is 0 Å². The minimum absolute atomic E-state index is 0.0439. The molecule has 0 saturated heterocycles. The molecule has 0 amide bonds. The highest BCUT2D eigenvalue weighted by molar-refractivity contribution is 9.10. The first-order valence-electron chi connectivity index (χ1n) is 8.31. The van der Waals surface area contributed by atoms with E-state index in [1.165, 1.54) is 0 Å². The SMILES string of the molecule is O=c1c2ccccc2nc2cc(-c3ccccc3)c3cc(Br)ccc3n12. The Hall–Kier alpha value is -2.98. The zero-order valence-corrected chi connectivity index (χ0v) is 15.3. The van der Waals surface area contributed by atoms with Crippen molar-refractivity contribution in [3.8, 4) is 11.1 Å². The van der Waals surface area contributed by atoms with E-state index >= 15 is 0 Å². The predicted molar refractivity (Wildman–Crippen MR) is 110 cm³/mol. The summed E-state index contributed by atoms with van der Waals surface area (Å²) >= 11 is 3.56. The van der Waals surface area contributed by atoms with Gasteiger partial charge in [0.25, 0.3) is 5.56 Å². The summed E-state index contributed by atoms with van der Waals surface area (Å²) in [6, 6.07) is 25.6. The molecule has 0 N–H and O–H groups in total. The molecule has 26 heavy (non-hydrogen) atoms. The Kier molecular flexibility index (Phi) is 3.40. The van der Waals surface area contributed by atoms with Gasteiger partial charge in [0.1, 0.15) is 5.65 Å². The first-order chi connectivity index (χ1) is 12.7. The van der Waals surface area contributed by atoms with E-state index in [0.717, 1.165) is 26.5 Å². The molecule has 2 heterocycles. The van der Waals surface area contributed by atoms with Crippen LogP contribution in [0.15, 0.2) is 88.1 Å². The van der Waals surface area contributed by atoms with Gasteiger partial charge in [-0.3, -0.25) is 9.20 Å². The molecule has 0 saturated carbocycles. The number of pyridine rings is 1. The molecule has 4 heteroatoms. The zero-order chi connectivity index (χ0) is 17.7. The fourth-order valence-electron chi connectivity index (χ4n) is 3.46. The molecular formula is C22H13BrN2O. The Labute approximate surface area is 157 Å². The Bertz CT molecular complexity index is 1360. The van der Waals surface area contributed by atoms with Gasteiger partial charge >= 0.3 is 0 Å². The van der Waals surface area contributed by atoms with E-state index < -0.39 is 0 Å². The van der Waals surface area contributed by atoms with E-state index in [1.807, 2.05) is 60.7 Å². The molecule has 0 aliphatic rings. The Balaban J connectivity index is 2.04. The number of para-hydroxylation sites is 1. The van der Waals surface area contributed by atoms with Crippen LogP contribution >= 0.6 is 15.9 Å². The van der Waals surface area contributed by atoms with Crippen LogP contribution in [-0.4, -0.2) is 9.38 Å². The van der Waals surface area contributed by atoms with Crippen molar-refractivity contribution >= 4 is 43.4 Å². The van der Waals surface area contributed by atoms with Crippen LogP contribution in [0, 0.1) is 0 Å².